The molecule has 6 heteroatoms. The fourth-order valence-electron chi connectivity index (χ4n) is 3.91. The standard InChI is InChI=1S/C19H27N3O3/c1-13-8-14(2)11-21(10-13)19(24)20-15-9-18(23)22(12-15)16-4-6-17(25-3)7-5-16/h4-7,13-15H,8-12H2,1-3H3,(H,20,24)/t13-,14-,15-/m1/s1. The van der Waals surface area contributed by atoms with Crippen molar-refractivity contribution in [2.45, 2.75) is 32.7 Å². The number of amides is 3. The van der Waals surface area contributed by atoms with Gasteiger partial charge in [-0.25, -0.2) is 4.79 Å². The molecule has 25 heavy (non-hydrogen) atoms. The fourth-order valence-corrected chi connectivity index (χ4v) is 3.91. The largest absolute Gasteiger partial charge is 0.497 e. The Morgan fingerprint density at radius 3 is 2.36 bits per heavy atom. The second-order valence-electron chi connectivity index (χ2n) is 7.40. The van der Waals surface area contributed by atoms with Crippen LogP contribution >= 0.6 is 0 Å². The van der Waals surface area contributed by atoms with E-state index in [1.54, 1.807) is 12.0 Å². The molecule has 0 aliphatic carbocycles. The molecule has 0 bridgehead atoms. The summed E-state index contributed by atoms with van der Waals surface area (Å²) in [5.41, 5.74) is 0.836. The number of benzene rings is 1. The lowest BCUT2D eigenvalue weighted by atomic mass is 9.92. The quantitative estimate of drug-likeness (QED) is 0.915. The van der Waals surface area contributed by atoms with Crippen LogP contribution in [0, 0.1) is 11.8 Å². The Morgan fingerprint density at radius 2 is 1.76 bits per heavy atom. The van der Waals surface area contributed by atoms with Gasteiger partial charge in [-0.2, -0.15) is 0 Å². The van der Waals surface area contributed by atoms with Gasteiger partial charge >= 0.3 is 6.03 Å². The Labute approximate surface area is 149 Å². The number of carbonyl (C=O) groups is 2. The molecule has 2 fully saturated rings. The van der Waals surface area contributed by atoms with Gasteiger partial charge in [-0.1, -0.05) is 13.8 Å². The summed E-state index contributed by atoms with van der Waals surface area (Å²) in [6.45, 7) is 6.45. The van der Waals surface area contributed by atoms with E-state index in [-0.39, 0.29) is 18.0 Å². The van der Waals surface area contributed by atoms with E-state index in [9.17, 15) is 9.59 Å². The summed E-state index contributed by atoms with van der Waals surface area (Å²) in [4.78, 5) is 28.5. The third-order valence-corrected chi connectivity index (χ3v) is 4.99. The maximum Gasteiger partial charge on any atom is 0.317 e. The Hall–Kier alpha value is -2.24. The van der Waals surface area contributed by atoms with Gasteiger partial charge < -0.3 is 19.9 Å². The average Bonchev–Trinajstić information content (AvgIpc) is 2.94. The van der Waals surface area contributed by atoms with Crippen molar-refractivity contribution in [3.8, 4) is 5.75 Å². The van der Waals surface area contributed by atoms with Crippen LogP contribution in [0.4, 0.5) is 10.5 Å². The molecule has 1 N–H and O–H groups in total. The van der Waals surface area contributed by atoms with Gasteiger partial charge in [-0.05, 0) is 42.5 Å². The highest BCUT2D eigenvalue weighted by Gasteiger charge is 2.33. The Bertz CT molecular complexity index is 621. The molecule has 3 amide bonds. The maximum atomic E-state index is 12.5. The highest BCUT2D eigenvalue weighted by atomic mass is 16.5. The van der Waals surface area contributed by atoms with Crippen LogP contribution in [0.1, 0.15) is 26.7 Å². The molecule has 2 saturated heterocycles. The van der Waals surface area contributed by atoms with Crippen molar-refractivity contribution in [2.75, 3.05) is 31.6 Å². The van der Waals surface area contributed by atoms with Crippen LogP contribution in [0.5, 0.6) is 5.75 Å². The van der Waals surface area contributed by atoms with Crippen molar-refractivity contribution < 1.29 is 14.3 Å². The highest BCUT2D eigenvalue weighted by Crippen LogP contribution is 2.25. The molecule has 0 unspecified atom stereocenters. The van der Waals surface area contributed by atoms with Crippen LogP contribution in [-0.4, -0.2) is 49.6 Å². The van der Waals surface area contributed by atoms with Crippen molar-refractivity contribution in [1.82, 2.24) is 10.2 Å². The highest BCUT2D eigenvalue weighted by molar-refractivity contribution is 5.96. The number of ether oxygens (including phenoxy) is 1. The summed E-state index contributed by atoms with van der Waals surface area (Å²) in [5, 5.41) is 3.04. The summed E-state index contributed by atoms with van der Waals surface area (Å²) >= 11 is 0. The van der Waals surface area contributed by atoms with Crippen LogP contribution in [-0.2, 0) is 4.79 Å². The van der Waals surface area contributed by atoms with Gasteiger partial charge in [0.15, 0.2) is 0 Å². The first kappa shape index (κ1) is 17.6. The lowest BCUT2D eigenvalue weighted by molar-refractivity contribution is -0.117. The summed E-state index contributed by atoms with van der Waals surface area (Å²) < 4.78 is 5.15. The third kappa shape index (κ3) is 4.06. The number of hydrogen-bond acceptors (Lipinski definition) is 3. The number of nitrogens with zero attached hydrogens (tertiary/aromatic N) is 2. The first-order chi connectivity index (χ1) is 12.0. The number of likely N-dealkylation sites (tertiary alicyclic amines) is 1. The van der Waals surface area contributed by atoms with Gasteiger partial charge in [0.1, 0.15) is 5.75 Å². The fraction of sp³-hybridized carbons (Fsp3) is 0.579. The van der Waals surface area contributed by atoms with Gasteiger partial charge in [0.05, 0.1) is 13.2 Å². The van der Waals surface area contributed by atoms with Gasteiger partial charge in [0.2, 0.25) is 5.91 Å². The minimum atomic E-state index is -0.144. The first-order valence-corrected chi connectivity index (χ1v) is 8.96. The van der Waals surface area contributed by atoms with Gasteiger partial charge in [0.25, 0.3) is 0 Å². The molecule has 3 rings (SSSR count). The summed E-state index contributed by atoms with van der Waals surface area (Å²) in [6, 6.07) is 7.22. The molecule has 2 aliphatic heterocycles. The molecule has 0 aromatic heterocycles. The average molecular weight is 345 g/mol. The lowest BCUT2D eigenvalue weighted by Crippen LogP contribution is -2.50. The number of carbonyl (C=O) groups excluding carboxylic acids is 2. The number of methoxy groups -OCH3 is 1. The van der Waals surface area contributed by atoms with E-state index in [1.165, 1.54) is 0 Å². The van der Waals surface area contributed by atoms with E-state index >= 15 is 0 Å². The predicted molar refractivity (Wildman–Crippen MR) is 96.8 cm³/mol. The number of urea groups is 1. The zero-order valence-corrected chi connectivity index (χ0v) is 15.2. The molecule has 0 radical (unpaired) electrons. The van der Waals surface area contributed by atoms with Crippen molar-refractivity contribution in [3.05, 3.63) is 24.3 Å². The summed E-state index contributed by atoms with van der Waals surface area (Å²) in [5.74, 6) is 1.84. The van der Waals surface area contributed by atoms with E-state index in [1.807, 2.05) is 29.2 Å². The molecule has 6 nitrogen and oxygen atoms in total. The molecule has 1 aromatic rings. The van der Waals surface area contributed by atoms with E-state index in [4.69, 9.17) is 4.74 Å². The van der Waals surface area contributed by atoms with Gasteiger partial charge in [0, 0.05) is 31.7 Å². The first-order valence-electron chi connectivity index (χ1n) is 8.96. The molecular formula is C19H27N3O3. The van der Waals surface area contributed by atoms with Crippen molar-refractivity contribution in [2.24, 2.45) is 11.8 Å². The molecule has 0 saturated carbocycles. The number of piperidine rings is 1. The zero-order valence-electron chi connectivity index (χ0n) is 15.2. The molecular weight excluding hydrogens is 318 g/mol. The second kappa shape index (κ2) is 7.33. The van der Waals surface area contributed by atoms with Crippen LogP contribution < -0.4 is 15.0 Å². The SMILES string of the molecule is COc1ccc(N2C[C@H](NC(=O)N3C[C@H](C)C[C@@H](C)C3)CC2=O)cc1. The lowest BCUT2D eigenvalue weighted by Gasteiger charge is -2.35. The van der Waals surface area contributed by atoms with Crippen molar-refractivity contribution in [1.29, 1.82) is 0 Å². The molecule has 0 spiro atoms. The van der Waals surface area contributed by atoms with Gasteiger partial charge in [-0.15, -0.1) is 0 Å². The van der Waals surface area contributed by atoms with E-state index in [0.717, 1.165) is 30.9 Å². The van der Waals surface area contributed by atoms with E-state index < -0.39 is 0 Å². The summed E-state index contributed by atoms with van der Waals surface area (Å²) in [7, 11) is 1.61. The number of nitrogens with one attached hydrogen (secondary N) is 1. The second-order valence-corrected chi connectivity index (χ2v) is 7.40. The summed E-state index contributed by atoms with van der Waals surface area (Å²) in [6.07, 6.45) is 1.51. The molecule has 2 aliphatic rings. The van der Waals surface area contributed by atoms with Crippen LogP contribution in [0.3, 0.4) is 0 Å². The number of anilines is 1. The molecule has 136 valence electrons. The zero-order chi connectivity index (χ0) is 18.0. The normalized spacial score (nSPS) is 26.7. The maximum absolute atomic E-state index is 12.5. The monoisotopic (exact) mass is 345 g/mol. The van der Waals surface area contributed by atoms with E-state index in [2.05, 4.69) is 19.2 Å². The Kier molecular flexibility index (Phi) is 5.16. The Morgan fingerprint density at radius 1 is 1.12 bits per heavy atom. The number of hydrogen-bond donors (Lipinski definition) is 1. The molecule has 2 heterocycles. The minimum absolute atomic E-state index is 0.0378. The number of rotatable bonds is 3. The van der Waals surface area contributed by atoms with Crippen LogP contribution in [0.15, 0.2) is 24.3 Å². The van der Waals surface area contributed by atoms with Crippen LogP contribution in [0.25, 0.3) is 0 Å². The smallest absolute Gasteiger partial charge is 0.317 e. The topological polar surface area (TPSA) is 61.9 Å². The predicted octanol–water partition coefficient (Wildman–Crippen LogP) is 2.49. The van der Waals surface area contributed by atoms with Crippen molar-refractivity contribution >= 4 is 17.6 Å². The molecule has 3 atom stereocenters. The minimum Gasteiger partial charge on any atom is -0.497 e. The van der Waals surface area contributed by atoms with E-state index in [0.29, 0.717) is 24.8 Å². The third-order valence-electron chi connectivity index (χ3n) is 4.99. The van der Waals surface area contributed by atoms with Crippen molar-refractivity contribution in [3.63, 3.8) is 0 Å². The molecule has 1 aromatic carbocycles. The van der Waals surface area contributed by atoms with Crippen LogP contribution in [0.2, 0.25) is 0 Å². The Balaban J connectivity index is 1.59. The van der Waals surface area contributed by atoms with Gasteiger partial charge in [-0.3, -0.25) is 4.79 Å².